The van der Waals surface area contributed by atoms with E-state index in [1.54, 1.807) is 35.0 Å². The Morgan fingerprint density at radius 2 is 1.86 bits per heavy atom. The molecule has 1 aliphatic heterocycles. The second-order valence-electron chi connectivity index (χ2n) is 7.33. The third-order valence-electron chi connectivity index (χ3n) is 4.58. The predicted molar refractivity (Wildman–Crippen MR) is 107 cm³/mol. The minimum absolute atomic E-state index is 0.0498. The molecule has 1 fully saturated rings. The maximum absolute atomic E-state index is 12.7. The number of amides is 2. The number of hydrogen-bond acceptors (Lipinski definition) is 5. The second kappa shape index (κ2) is 7.75. The highest BCUT2D eigenvalue weighted by Crippen LogP contribution is 2.28. The molecule has 0 unspecified atom stereocenters. The van der Waals surface area contributed by atoms with Crippen molar-refractivity contribution in [3.63, 3.8) is 0 Å². The zero-order chi connectivity index (χ0) is 20.5. The molecule has 0 radical (unpaired) electrons. The van der Waals surface area contributed by atoms with Gasteiger partial charge in [-0.1, -0.05) is 19.9 Å². The number of anilines is 2. The zero-order valence-corrected chi connectivity index (χ0v) is 16.9. The molecule has 0 saturated carbocycles. The number of benzene rings is 1. The van der Waals surface area contributed by atoms with Crippen LogP contribution < -0.4 is 10.6 Å². The van der Waals surface area contributed by atoms with Crippen LogP contribution in [0.25, 0.3) is 0 Å². The van der Waals surface area contributed by atoms with Crippen LogP contribution in [-0.4, -0.2) is 41.5 Å². The van der Waals surface area contributed by atoms with Crippen molar-refractivity contribution >= 4 is 33.0 Å². The Morgan fingerprint density at radius 1 is 1.18 bits per heavy atom. The maximum atomic E-state index is 12.7. The minimum atomic E-state index is -3.06. The molecule has 2 aromatic rings. The normalized spacial score (nSPS) is 18.2. The van der Waals surface area contributed by atoms with E-state index < -0.39 is 9.84 Å². The molecular formula is C19H24N4O4S. The van der Waals surface area contributed by atoms with Gasteiger partial charge in [0.05, 0.1) is 17.5 Å². The number of carbonyl (C=O) groups is 2. The number of hydrogen-bond donors (Lipinski definition) is 2. The smallest absolute Gasteiger partial charge is 0.276 e. The molecule has 2 heterocycles. The van der Waals surface area contributed by atoms with Gasteiger partial charge in [-0.3, -0.25) is 14.3 Å². The molecule has 150 valence electrons. The quantitative estimate of drug-likeness (QED) is 0.796. The van der Waals surface area contributed by atoms with Crippen LogP contribution >= 0.6 is 0 Å². The van der Waals surface area contributed by atoms with Crippen LogP contribution in [0.5, 0.6) is 0 Å². The van der Waals surface area contributed by atoms with E-state index in [2.05, 4.69) is 15.7 Å². The van der Waals surface area contributed by atoms with Gasteiger partial charge in [0.1, 0.15) is 0 Å². The summed E-state index contributed by atoms with van der Waals surface area (Å²) in [4.78, 5) is 23.9. The Hall–Kier alpha value is -2.68. The largest absolute Gasteiger partial charge is 0.326 e. The van der Waals surface area contributed by atoms with E-state index in [0.29, 0.717) is 17.8 Å². The van der Waals surface area contributed by atoms with Crippen LogP contribution in [0.3, 0.4) is 0 Å². The fourth-order valence-electron chi connectivity index (χ4n) is 3.28. The Balaban J connectivity index is 1.83. The second-order valence-corrected chi connectivity index (χ2v) is 9.56. The Kier molecular flexibility index (Phi) is 5.55. The van der Waals surface area contributed by atoms with Gasteiger partial charge < -0.3 is 10.6 Å². The van der Waals surface area contributed by atoms with Crippen molar-refractivity contribution in [2.45, 2.75) is 39.2 Å². The molecule has 1 atom stereocenters. The van der Waals surface area contributed by atoms with Gasteiger partial charge in [0.2, 0.25) is 5.91 Å². The lowest BCUT2D eigenvalue weighted by Crippen LogP contribution is -2.17. The van der Waals surface area contributed by atoms with Crippen molar-refractivity contribution in [1.29, 1.82) is 0 Å². The lowest BCUT2D eigenvalue weighted by atomic mass is 10.1. The molecule has 8 nitrogen and oxygen atoms in total. The lowest BCUT2D eigenvalue weighted by Gasteiger charge is -2.15. The number of carbonyl (C=O) groups excluding carboxylic acids is 2. The van der Waals surface area contributed by atoms with Crippen LogP contribution in [0.4, 0.5) is 11.4 Å². The molecule has 0 aliphatic carbocycles. The third kappa shape index (κ3) is 4.59. The van der Waals surface area contributed by atoms with Gasteiger partial charge in [-0.2, -0.15) is 5.10 Å². The molecule has 28 heavy (non-hydrogen) atoms. The van der Waals surface area contributed by atoms with Crippen molar-refractivity contribution < 1.29 is 18.0 Å². The Bertz CT molecular complexity index is 1010. The maximum Gasteiger partial charge on any atom is 0.276 e. The topological polar surface area (TPSA) is 110 Å². The predicted octanol–water partition coefficient (Wildman–Crippen LogP) is 2.58. The average molecular weight is 404 g/mol. The summed E-state index contributed by atoms with van der Waals surface area (Å²) in [6.45, 7) is 5.37. The number of sulfone groups is 1. The van der Waals surface area contributed by atoms with E-state index in [1.807, 2.05) is 13.8 Å². The van der Waals surface area contributed by atoms with Gasteiger partial charge in [-0.15, -0.1) is 0 Å². The first-order valence-electron chi connectivity index (χ1n) is 9.13. The molecular weight excluding hydrogens is 380 g/mol. The zero-order valence-electron chi connectivity index (χ0n) is 16.1. The molecule has 2 amide bonds. The van der Waals surface area contributed by atoms with Crippen LogP contribution in [-0.2, 0) is 14.6 Å². The summed E-state index contributed by atoms with van der Waals surface area (Å²) in [5.41, 5.74) is 2.17. The van der Waals surface area contributed by atoms with Gasteiger partial charge >= 0.3 is 0 Å². The fraction of sp³-hybridized carbons (Fsp3) is 0.421. The van der Waals surface area contributed by atoms with E-state index in [9.17, 15) is 18.0 Å². The van der Waals surface area contributed by atoms with Crippen LogP contribution in [0.2, 0.25) is 0 Å². The summed E-state index contributed by atoms with van der Waals surface area (Å²) in [5, 5.41) is 9.85. The van der Waals surface area contributed by atoms with E-state index in [0.717, 1.165) is 5.69 Å². The standard InChI is InChI=1S/C19H24N4O4S/c1-12(2)18-10-17(22-23(18)16-7-8-28(26,27)11-16)19(25)21-15-6-4-5-14(9-15)20-13(3)24/h4-6,9-10,12,16H,7-8,11H2,1-3H3,(H,20,24)(H,21,25)/t16-/m0/s1. The molecule has 3 rings (SSSR count). The van der Waals surface area contributed by atoms with Crippen molar-refractivity contribution in [3.05, 3.63) is 41.7 Å². The highest BCUT2D eigenvalue weighted by molar-refractivity contribution is 7.91. The Labute approximate surface area is 164 Å². The van der Waals surface area contributed by atoms with Crippen LogP contribution in [0.15, 0.2) is 30.3 Å². The number of nitrogens with zero attached hydrogens (tertiary/aromatic N) is 2. The molecule has 1 saturated heterocycles. The van der Waals surface area contributed by atoms with Gasteiger partial charge in [0, 0.05) is 24.0 Å². The van der Waals surface area contributed by atoms with Crippen LogP contribution in [0, 0.1) is 0 Å². The summed E-state index contributed by atoms with van der Waals surface area (Å²) in [6, 6.07) is 8.29. The summed E-state index contributed by atoms with van der Waals surface area (Å²) in [7, 11) is -3.06. The molecule has 1 aromatic heterocycles. The first-order chi connectivity index (χ1) is 13.1. The number of aromatic nitrogens is 2. The molecule has 9 heteroatoms. The van der Waals surface area contributed by atoms with Crippen molar-refractivity contribution in [1.82, 2.24) is 9.78 Å². The van der Waals surface area contributed by atoms with Crippen molar-refractivity contribution in [2.24, 2.45) is 0 Å². The van der Waals surface area contributed by atoms with E-state index >= 15 is 0 Å². The first kappa shape index (κ1) is 20.1. The van der Waals surface area contributed by atoms with Crippen LogP contribution in [0.1, 0.15) is 55.3 Å². The van der Waals surface area contributed by atoms with E-state index in [4.69, 9.17) is 0 Å². The Morgan fingerprint density at radius 3 is 2.43 bits per heavy atom. The molecule has 2 N–H and O–H groups in total. The van der Waals surface area contributed by atoms with Crippen molar-refractivity contribution in [2.75, 3.05) is 22.1 Å². The molecule has 1 aromatic carbocycles. The lowest BCUT2D eigenvalue weighted by molar-refractivity contribution is -0.114. The summed E-state index contributed by atoms with van der Waals surface area (Å²) in [6.07, 6.45) is 0.504. The monoisotopic (exact) mass is 404 g/mol. The molecule has 0 spiro atoms. The van der Waals surface area contributed by atoms with Gasteiger partial charge in [-0.05, 0) is 36.6 Å². The fourth-order valence-corrected chi connectivity index (χ4v) is 4.98. The van der Waals surface area contributed by atoms with E-state index in [-0.39, 0.29) is 41.0 Å². The minimum Gasteiger partial charge on any atom is -0.326 e. The van der Waals surface area contributed by atoms with Crippen molar-refractivity contribution in [3.8, 4) is 0 Å². The molecule has 0 bridgehead atoms. The van der Waals surface area contributed by atoms with E-state index in [1.165, 1.54) is 6.92 Å². The highest BCUT2D eigenvalue weighted by atomic mass is 32.2. The van der Waals surface area contributed by atoms with Gasteiger partial charge in [0.25, 0.3) is 5.91 Å². The SMILES string of the molecule is CC(=O)Nc1cccc(NC(=O)c2cc(C(C)C)n([C@H]3CCS(=O)(=O)C3)n2)c1. The summed E-state index contributed by atoms with van der Waals surface area (Å²) >= 11 is 0. The highest BCUT2D eigenvalue weighted by Gasteiger charge is 2.32. The number of nitrogens with one attached hydrogen (secondary N) is 2. The summed E-state index contributed by atoms with van der Waals surface area (Å²) in [5.74, 6) is -0.293. The first-order valence-corrected chi connectivity index (χ1v) is 11.0. The van der Waals surface area contributed by atoms with Gasteiger partial charge in [0.15, 0.2) is 15.5 Å². The summed E-state index contributed by atoms with van der Waals surface area (Å²) < 4.78 is 25.4. The average Bonchev–Trinajstić information content (AvgIpc) is 3.18. The molecule has 1 aliphatic rings. The van der Waals surface area contributed by atoms with Gasteiger partial charge in [-0.25, -0.2) is 8.42 Å². The number of rotatable bonds is 5. The third-order valence-corrected chi connectivity index (χ3v) is 6.33.